The zero-order chi connectivity index (χ0) is 25.1. The number of carbonyl (C=O) groups is 2. The first-order chi connectivity index (χ1) is 17.6. The number of carbonyl (C=O) groups excluding carboxylic acids is 2. The predicted molar refractivity (Wildman–Crippen MR) is 142 cm³/mol. The zero-order valence-electron chi connectivity index (χ0n) is 20.0. The number of ether oxygens (including phenoxy) is 2. The number of rotatable bonds is 5. The van der Waals surface area contributed by atoms with E-state index in [-0.39, 0.29) is 11.9 Å². The Labute approximate surface area is 210 Å². The summed E-state index contributed by atoms with van der Waals surface area (Å²) < 4.78 is 9.75. The van der Waals surface area contributed by atoms with E-state index >= 15 is 0 Å². The molecule has 0 saturated carbocycles. The Morgan fingerprint density at radius 3 is 1.67 bits per heavy atom. The van der Waals surface area contributed by atoms with Gasteiger partial charge >= 0.3 is 11.9 Å². The van der Waals surface area contributed by atoms with E-state index in [4.69, 9.17) is 9.47 Å². The highest BCUT2D eigenvalue weighted by Gasteiger charge is 2.25. The molecule has 1 aliphatic rings. The van der Waals surface area contributed by atoms with Crippen molar-refractivity contribution in [2.24, 2.45) is 0 Å². The maximum atomic E-state index is 12.0. The standard InChI is InChI=1S/C32H24O4/c1-35-31(33)24-16-12-21(13-17-24)28-20-26-10-6-7-11-27(26)30(28)29(22-8-4-3-5-9-22)23-14-18-25(19-15-23)32(34)36-2/h3-20H,1-2H3/b30-29+. The van der Waals surface area contributed by atoms with E-state index in [2.05, 4.69) is 30.3 Å². The molecule has 5 rings (SSSR count). The number of hydrogen-bond donors (Lipinski definition) is 0. The molecule has 0 fully saturated rings. The highest BCUT2D eigenvalue weighted by Crippen LogP contribution is 2.47. The predicted octanol–water partition coefficient (Wildman–Crippen LogP) is 6.77. The molecule has 4 heteroatoms. The van der Waals surface area contributed by atoms with Crippen LogP contribution in [-0.2, 0) is 9.47 Å². The van der Waals surface area contributed by atoms with E-state index in [0.717, 1.165) is 44.5 Å². The van der Waals surface area contributed by atoms with Crippen molar-refractivity contribution in [3.8, 4) is 0 Å². The van der Waals surface area contributed by atoms with Crippen LogP contribution < -0.4 is 0 Å². The van der Waals surface area contributed by atoms with Crippen LogP contribution in [-0.4, -0.2) is 26.2 Å². The second kappa shape index (κ2) is 9.88. The topological polar surface area (TPSA) is 52.6 Å². The second-order valence-corrected chi connectivity index (χ2v) is 8.40. The summed E-state index contributed by atoms with van der Waals surface area (Å²) in [5, 5.41) is 0. The number of esters is 2. The second-order valence-electron chi connectivity index (χ2n) is 8.40. The molecule has 0 atom stereocenters. The van der Waals surface area contributed by atoms with Gasteiger partial charge in [-0.25, -0.2) is 9.59 Å². The minimum Gasteiger partial charge on any atom is -0.465 e. The Morgan fingerprint density at radius 1 is 0.556 bits per heavy atom. The normalized spacial score (nSPS) is 13.4. The molecule has 0 saturated heterocycles. The Kier molecular flexibility index (Phi) is 6.33. The zero-order valence-corrected chi connectivity index (χ0v) is 20.0. The highest BCUT2D eigenvalue weighted by molar-refractivity contribution is 6.26. The summed E-state index contributed by atoms with van der Waals surface area (Å²) in [5.41, 5.74) is 9.50. The molecule has 0 amide bonds. The molecule has 0 aromatic heterocycles. The number of benzene rings is 4. The van der Waals surface area contributed by atoms with Crippen LogP contribution in [0.15, 0.2) is 103 Å². The molecular weight excluding hydrogens is 448 g/mol. The third kappa shape index (κ3) is 4.25. The molecule has 4 aromatic rings. The maximum Gasteiger partial charge on any atom is 0.337 e. The van der Waals surface area contributed by atoms with E-state index in [0.29, 0.717) is 11.1 Å². The van der Waals surface area contributed by atoms with E-state index in [9.17, 15) is 9.59 Å². The lowest BCUT2D eigenvalue weighted by Gasteiger charge is -2.18. The van der Waals surface area contributed by atoms with Gasteiger partial charge in [-0.05, 0) is 74.9 Å². The molecule has 36 heavy (non-hydrogen) atoms. The van der Waals surface area contributed by atoms with Crippen LogP contribution in [0.5, 0.6) is 0 Å². The SMILES string of the molecule is COC(=O)c1ccc(C2=Cc3ccccc3/C2=C(/c2ccccc2)c2ccc(C(=O)OC)cc2)cc1. The quantitative estimate of drug-likeness (QED) is 0.301. The van der Waals surface area contributed by atoms with Crippen molar-refractivity contribution < 1.29 is 19.1 Å². The van der Waals surface area contributed by atoms with Gasteiger partial charge in [0.15, 0.2) is 0 Å². The van der Waals surface area contributed by atoms with Crippen molar-refractivity contribution in [2.45, 2.75) is 0 Å². The van der Waals surface area contributed by atoms with E-state index < -0.39 is 0 Å². The fourth-order valence-corrected chi connectivity index (χ4v) is 4.58. The summed E-state index contributed by atoms with van der Waals surface area (Å²) in [7, 11) is 2.76. The van der Waals surface area contributed by atoms with Crippen LogP contribution in [0, 0.1) is 0 Å². The summed E-state index contributed by atoms with van der Waals surface area (Å²) in [4.78, 5) is 24.0. The Morgan fingerprint density at radius 2 is 1.06 bits per heavy atom. The van der Waals surface area contributed by atoms with Crippen LogP contribution in [0.2, 0.25) is 0 Å². The van der Waals surface area contributed by atoms with Gasteiger partial charge in [0.05, 0.1) is 25.3 Å². The summed E-state index contributed by atoms with van der Waals surface area (Å²) in [6, 6.07) is 33.5. The van der Waals surface area contributed by atoms with Crippen molar-refractivity contribution in [1.29, 1.82) is 0 Å². The van der Waals surface area contributed by atoms with Crippen LogP contribution in [0.3, 0.4) is 0 Å². The highest BCUT2D eigenvalue weighted by atomic mass is 16.5. The molecule has 1 aliphatic carbocycles. The van der Waals surface area contributed by atoms with Gasteiger partial charge in [0.2, 0.25) is 0 Å². The monoisotopic (exact) mass is 472 g/mol. The smallest absolute Gasteiger partial charge is 0.337 e. The molecule has 0 unspecified atom stereocenters. The number of hydrogen-bond acceptors (Lipinski definition) is 4. The molecular formula is C32H24O4. The summed E-state index contributed by atoms with van der Waals surface area (Å²) in [6.45, 7) is 0. The molecule has 4 aromatic carbocycles. The van der Waals surface area contributed by atoms with Gasteiger partial charge in [-0.3, -0.25) is 0 Å². The molecule has 0 bridgehead atoms. The van der Waals surface area contributed by atoms with E-state index in [1.165, 1.54) is 14.2 Å². The van der Waals surface area contributed by atoms with Gasteiger partial charge in [0.1, 0.15) is 0 Å². The minimum absolute atomic E-state index is 0.364. The number of methoxy groups -OCH3 is 2. The fourth-order valence-electron chi connectivity index (χ4n) is 4.58. The van der Waals surface area contributed by atoms with Crippen LogP contribution in [0.1, 0.15) is 48.5 Å². The molecule has 4 nitrogen and oxygen atoms in total. The van der Waals surface area contributed by atoms with Crippen molar-refractivity contribution in [1.82, 2.24) is 0 Å². The minimum atomic E-state index is -0.368. The lowest BCUT2D eigenvalue weighted by Crippen LogP contribution is -2.02. The van der Waals surface area contributed by atoms with Gasteiger partial charge in [-0.2, -0.15) is 0 Å². The Balaban J connectivity index is 1.74. The Hall–Kier alpha value is -4.70. The van der Waals surface area contributed by atoms with Gasteiger partial charge in [-0.1, -0.05) is 78.9 Å². The average molecular weight is 473 g/mol. The average Bonchev–Trinajstić information content (AvgIpc) is 3.32. The number of fused-ring (bicyclic) bond motifs is 1. The third-order valence-electron chi connectivity index (χ3n) is 6.32. The van der Waals surface area contributed by atoms with Crippen LogP contribution in [0.25, 0.3) is 22.8 Å². The first kappa shape index (κ1) is 23.1. The van der Waals surface area contributed by atoms with Gasteiger partial charge in [0.25, 0.3) is 0 Å². The third-order valence-corrected chi connectivity index (χ3v) is 6.32. The van der Waals surface area contributed by atoms with Crippen LogP contribution in [0.4, 0.5) is 0 Å². The van der Waals surface area contributed by atoms with Gasteiger partial charge in [-0.15, -0.1) is 0 Å². The summed E-state index contributed by atoms with van der Waals surface area (Å²) in [5.74, 6) is -0.732. The first-order valence-corrected chi connectivity index (χ1v) is 11.6. The molecule has 0 radical (unpaired) electrons. The van der Waals surface area contributed by atoms with Crippen molar-refractivity contribution in [3.05, 3.63) is 142 Å². The molecule has 176 valence electrons. The first-order valence-electron chi connectivity index (χ1n) is 11.6. The largest absolute Gasteiger partial charge is 0.465 e. The molecule has 0 aliphatic heterocycles. The van der Waals surface area contributed by atoms with Crippen molar-refractivity contribution in [3.63, 3.8) is 0 Å². The lowest BCUT2D eigenvalue weighted by molar-refractivity contribution is 0.0592. The Bertz CT molecular complexity index is 1490. The number of allylic oxidation sites excluding steroid dienone is 2. The molecule has 0 heterocycles. The maximum absolute atomic E-state index is 12.0. The summed E-state index contributed by atoms with van der Waals surface area (Å²) in [6.07, 6.45) is 2.18. The van der Waals surface area contributed by atoms with Crippen LogP contribution >= 0.6 is 0 Å². The molecule has 0 spiro atoms. The fraction of sp³-hybridized carbons (Fsp3) is 0.0625. The van der Waals surface area contributed by atoms with Crippen molar-refractivity contribution in [2.75, 3.05) is 14.2 Å². The lowest BCUT2D eigenvalue weighted by atomic mass is 9.85. The summed E-state index contributed by atoms with van der Waals surface area (Å²) >= 11 is 0. The van der Waals surface area contributed by atoms with E-state index in [1.54, 1.807) is 24.3 Å². The van der Waals surface area contributed by atoms with E-state index in [1.807, 2.05) is 54.6 Å². The van der Waals surface area contributed by atoms with Crippen molar-refractivity contribution >= 4 is 34.7 Å². The molecule has 0 N–H and O–H groups in total. The van der Waals surface area contributed by atoms with Gasteiger partial charge < -0.3 is 9.47 Å². The van der Waals surface area contributed by atoms with Gasteiger partial charge in [0, 0.05) is 0 Å².